The Bertz CT molecular complexity index is 408. The molecular formula is C15H20O3. The van der Waals surface area contributed by atoms with Gasteiger partial charge in [-0.05, 0) is 43.0 Å². The Morgan fingerprint density at radius 2 is 2.00 bits per heavy atom. The number of aliphatic hydroxyl groups is 1. The lowest BCUT2D eigenvalue weighted by Gasteiger charge is -2.27. The van der Waals surface area contributed by atoms with Gasteiger partial charge < -0.3 is 14.6 Å². The highest BCUT2D eigenvalue weighted by Gasteiger charge is 2.24. The van der Waals surface area contributed by atoms with Crippen molar-refractivity contribution in [2.24, 2.45) is 0 Å². The molecule has 3 heteroatoms. The van der Waals surface area contributed by atoms with Gasteiger partial charge in [-0.25, -0.2) is 0 Å². The van der Waals surface area contributed by atoms with Gasteiger partial charge in [0.15, 0.2) is 0 Å². The molecule has 0 amide bonds. The van der Waals surface area contributed by atoms with E-state index in [9.17, 15) is 5.11 Å². The molecular weight excluding hydrogens is 228 g/mol. The summed E-state index contributed by atoms with van der Waals surface area (Å²) in [6.07, 6.45) is 3.32. The highest BCUT2D eigenvalue weighted by atomic mass is 16.5. The van der Waals surface area contributed by atoms with E-state index in [-0.39, 0.29) is 12.2 Å². The highest BCUT2D eigenvalue weighted by molar-refractivity contribution is 5.26. The number of benzene rings is 1. The van der Waals surface area contributed by atoms with Crippen LogP contribution in [0.5, 0.6) is 5.75 Å². The van der Waals surface area contributed by atoms with Crippen LogP contribution in [0.4, 0.5) is 0 Å². The first-order valence-electron chi connectivity index (χ1n) is 6.30. The molecule has 0 bridgehead atoms. The van der Waals surface area contributed by atoms with Crippen molar-refractivity contribution in [3.05, 3.63) is 41.5 Å². The average molecular weight is 248 g/mol. The normalized spacial score (nSPS) is 23.6. The van der Waals surface area contributed by atoms with Crippen molar-refractivity contribution < 1.29 is 14.6 Å². The second-order valence-electron chi connectivity index (χ2n) is 4.67. The number of aliphatic hydroxyl groups excluding tert-OH is 1. The minimum absolute atomic E-state index is 0.166. The van der Waals surface area contributed by atoms with Crippen molar-refractivity contribution in [3.8, 4) is 5.75 Å². The van der Waals surface area contributed by atoms with E-state index in [1.165, 1.54) is 0 Å². The summed E-state index contributed by atoms with van der Waals surface area (Å²) in [5, 5.41) is 9.91. The van der Waals surface area contributed by atoms with Gasteiger partial charge in [-0.3, -0.25) is 0 Å². The zero-order chi connectivity index (χ0) is 13.0. The molecule has 18 heavy (non-hydrogen) atoms. The minimum atomic E-state index is -0.381. The quantitative estimate of drug-likeness (QED) is 0.833. The molecule has 0 unspecified atom stereocenters. The summed E-state index contributed by atoms with van der Waals surface area (Å²) in [5.41, 5.74) is 2.21. The van der Waals surface area contributed by atoms with Gasteiger partial charge in [-0.15, -0.1) is 0 Å². The van der Waals surface area contributed by atoms with Gasteiger partial charge in [0.2, 0.25) is 0 Å². The summed E-state index contributed by atoms with van der Waals surface area (Å²) < 4.78 is 10.9. The zero-order valence-electron chi connectivity index (χ0n) is 10.9. The van der Waals surface area contributed by atoms with E-state index >= 15 is 0 Å². The van der Waals surface area contributed by atoms with E-state index < -0.39 is 0 Å². The highest BCUT2D eigenvalue weighted by Crippen LogP contribution is 2.23. The summed E-state index contributed by atoms with van der Waals surface area (Å²) in [6.45, 7) is 2.53. The van der Waals surface area contributed by atoms with Crippen LogP contribution in [-0.2, 0) is 11.3 Å². The van der Waals surface area contributed by atoms with Crippen molar-refractivity contribution in [1.82, 2.24) is 0 Å². The Hall–Kier alpha value is -1.32. The molecule has 98 valence electrons. The molecule has 0 fully saturated rings. The van der Waals surface area contributed by atoms with Crippen molar-refractivity contribution >= 4 is 0 Å². The smallest absolute Gasteiger partial charge is 0.118 e. The number of methoxy groups -OCH3 is 1. The third-order valence-corrected chi connectivity index (χ3v) is 3.32. The maximum Gasteiger partial charge on any atom is 0.118 e. The fourth-order valence-corrected chi connectivity index (χ4v) is 2.20. The molecule has 0 spiro atoms. The molecule has 1 N–H and O–H groups in total. The topological polar surface area (TPSA) is 38.7 Å². The van der Waals surface area contributed by atoms with Gasteiger partial charge in [0, 0.05) is 0 Å². The van der Waals surface area contributed by atoms with Crippen molar-refractivity contribution in [2.75, 3.05) is 7.11 Å². The van der Waals surface area contributed by atoms with Gasteiger partial charge in [-0.1, -0.05) is 18.2 Å². The van der Waals surface area contributed by atoms with Crippen LogP contribution >= 0.6 is 0 Å². The molecule has 1 aromatic carbocycles. The molecule has 1 aliphatic carbocycles. The first-order chi connectivity index (χ1) is 8.70. The first-order valence-corrected chi connectivity index (χ1v) is 6.30. The fraction of sp³-hybridized carbons (Fsp3) is 0.467. The van der Waals surface area contributed by atoms with Crippen molar-refractivity contribution in [3.63, 3.8) is 0 Å². The maximum atomic E-state index is 9.91. The molecule has 1 aromatic rings. The Kier molecular flexibility index (Phi) is 4.39. The van der Waals surface area contributed by atoms with E-state index in [4.69, 9.17) is 9.47 Å². The monoisotopic (exact) mass is 248 g/mol. The lowest BCUT2D eigenvalue weighted by atomic mass is 9.95. The second-order valence-corrected chi connectivity index (χ2v) is 4.67. The van der Waals surface area contributed by atoms with E-state index in [0.29, 0.717) is 6.61 Å². The molecule has 0 aromatic heterocycles. The number of hydrogen-bond acceptors (Lipinski definition) is 3. The van der Waals surface area contributed by atoms with Crippen LogP contribution in [0, 0.1) is 0 Å². The molecule has 0 heterocycles. The summed E-state index contributed by atoms with van der Waals surface area (Å²) >= 11 is 0. The maximum absolute atomic E-state index is 9.91. The Labute approximate surface area is 108 Å². The van der Waals surface area contributed by atoms with Crippen molar-refractivity contribution in [1.29, 1.82) is 0 Å². The largest absolute Gasteiger partial charge is 0.497 e. The van der Waals surface area contributed by atoms with Crippen molar-refractivity contribution in [2.45, 2.75) is 38.6 Å². The van der Waals surface area contributed by atoms with E-state index in [2.05, 4.69) is 6.08 Å². The van der Waals surface area contributed by atoms with Gasteiger partial charge in [-0.2, -0.15) is 0 Å². The predicted octanol–water partition coefficient (Wildman–Crippen LogP) is 2.68. The minimum Gasteiger partial charge on any atom is -0.497 e. The molecule has 1 aliphatic rings. The number of ether oxygens (including phenoxy) is 2. The number of allylic oxidation sites excluding steroid dienone is 1. The fourth-order valence-electron chi connectivity index (χ4n) is 2.20. The van der Waals surface area contributed by atoms with E-state index in [0.717, 1.165) is 29.7 Å². The molecule has 2 rings (SSSR count). The van der Waals surface area contributed by atoms with E-state index in [1.54, 1.807) is 7.11 Å². The van der Waals surface area contributed by atoms with Gasteiger partial charge in [0.1, 0.15) is 11.9 Å². The van der Waals surface area contributed by atoms with Gasteiger partial charge in [0.25, 0.3) is 0 Å². The Balaban J connectivity index is 1.93. The van der Waals surface area contributed by atoms with Crippen LogP contribution in [0.15, 0.2) is 35.9 Å². The third-order valence-electron chi connectivity index (χ3n) is 3.32. The molecule has 0 saturated heterocycles. The zero-order valence-corrected chi connectivity index (χ0v) is 10.9. The molecule has 0 radical (unpaired) electrons. The molecule has 3 nitrogen and oxygen atoms in total. The Morgan fingerprint density at radius 3 is 2.61 bits per heavy atom. The van der Waals surface area contributed by atoms with Gasteiger partial charge in [0.05, 0.1) is 19.8 Å². The average Bonchev–Trinajstić information content (AvgIpc) is 2.39. The van der Waals surface area contributed by atoms with Crippen LogP contribution in [0.3, 0.4) is 0 Å². The lowest BCUT2D eigenvalue weighted by molar-refractivity contribution is -0.0317. The molecule has 0 aliphatic heterocycles. The summed E-state index contributed by atoms with van der Waals surface area (Å²) in [4.78, 5) is 0. The lowest BCUT2D eigenvalue weighted by Crippen LogP contribution is -2.32. The Morgan fingerprint density at radius 1 is 1.28 bits per heavy atom. The van der Waals surface area contributed by atoms with Crippen LogP contribution in [0.2, 0.25) is 0 Å². The SMILES string of the molecule is COc1ccc(CO[C@H]2C(C)=CCC[C@H]2O)cc1. The van der Waals surface area contributed by atoms with Crippen LogP contribution in [0.25, 0.3) is 0 Å². The van der Waals surface area contributed by atoms with Crippen LogP contribution in [0.1, 0.15) is 25.3 Å². The summed E-state index contributed by atoms with van der Waals surface area (Å²) in [7, 11) is 1.65. The number of hydrogen-bond donors (Lipinski definition) is 1. The predicted molar refractivity (Wildman–Crippen MR) is 70.6 cm³/mol. The first kappa shape index (κ1) is 13.1. The summed E-state index contributed by atoms with van der Waals surface area (Å²) in [5.74, 6) is 0.840. The molecule has 2 atom stereocenters. The number of rotatable bonds is 4. The second kappa shape index (κ2) is 6.03. The van der Waals surface area contributed by atoms with Crippen LogP contribution in [-0.4, -0.2) is 24.4 Å². The van der Waals surface area contributed by atoms with E-state index in [1.807, 2.05) is 31.2 Å². The molecule has 0 saturated carbocycles. The van der Waals surface area contributed by atoms with Crippen LogP contribution < -0.4 is 4.74 Å². The third kappa shape index (κ3) is 3.12. The summed E-state index contributed by atoms with van der Waals surface area (Å²) in [6, 6.07) is 7.79. The van der Waals surface area contributed by atoms with Gasteiger partial charge >= 0.3 is 0 Å². The standard InChI is InChI=1S/C15H20O3/c1-11-4-3-5-14(16)15(11)18-10-12-6-8-13(17-2)9-7-12/h4,6-9,14-16H,3,5,10H2,1-2H3/t14-,15+/m1/s1.